The van der Waals surface area contributed by atoms with Crippen molar-refractivity contribution in [1.29, 1.82) is 0 Å². The normalized spacial score (nSPS) is 27.6. The van der Waals surface area contributed by atoms with Gasteiger partial charge in [0.15, 0.2) is 0 Å². The molecule has 3 aliphatic rings. The van der Waals surface area contributed by atoms with Crippen LogP contribution in [0.15, 0.2) is 53.3 Å². The molecule has 32 heavy (non-hydrogen) atoms. The maximum Gasteiger partial charge on any atom is 0.322 e. The Bertz CT molecular complexity index is 1280. The number of benzene rings is 2. The van der Waals surface area contributed by atoms with Gasteiger partial charge in [0.2, 0.25) is 0 Å². The molecule has 2 saturated carbocycles. The number of carbonyl (C=O) groups excluding carboxylic acids is 1. The van der Waals surface area contributed by atoms with E-state index in [1.165, 1.54) is 5.56 Å². The van der Waals surface area contributed by atoms with Crippen molar-refractivity contribution in [2.75, 3.05) is 11.4 Å². The maximum absolute atomic E-state index is 13.1. The van der Waals surface area contributed by atoms with Crippen molar-refractivity contribution in [2.24, 2.45) is 5.41 Å². The first-order chi connectivity index (χ1) is 15.4. The van der Waals surface area contributed by atoms with E-state index in [1.807, 2.05) is 47.4 Å². The molecule has 3 aromatic rings. The largest absolute Gasteiger partial charge is 0.335 e. The number of anilines is 1. The molecule has 2 heterocycles. The molecule has 6 heteroatoms. The van der Waals surface area contributed by atoms with Crippen molar-refractivity contribution in [2.45, 2.75) is 56.9 Å². The van der Waals surface area contributed by atoms with Gasteiger partial charge >= 0.3 is 6.03 Å². The van der Waals surface area contributed by atoms with Gasteiger partial charge in [0.1, 0.15) is 0 Å². The number of urea groups is 1. The topological polar surface area (TPSA) is 78.1 Å². The highest BCUT2D eigenvalue weighted by atomic mass is 16.2. The molecule has 2 N–H and O–H groups in total. The number of carbonyl (C=O) groups is 1. The number of nitrogens with zero attached hydrogens (tertiary/aromatic N) is 2. The van der Waals surface area contributed by atoms with Gasteiger partial charge in [0.05, 0.1) is 11.1 Å². The lowest BCUT2D eigenvalue weighted by Gasteiger charge is -2.57. The smallest absolute Gasteiger partial charge is 0.322 e. The molecule has 0 unspecified atom stereocenters. The zero-order chi connectivity index (χ0) is 22.1. The van der Waals surface area contributed by atoms with Gasteiger partial charge in [-0.15, -0.1) is 0 Å². The fourth-order valence-electron chi connectivity index (χ4n) is 6.33. The summed E-state index contributed by atoms with van der Waals surface area (Å²) in [4.78, 5) is 27.0. The lowest BCUT2D eigenvalue weighted by Crippen LogP contribution is -2.58. The first-order valence-electron chi connectivity index (χ1n) is 11.5. The number of fused-ring (bicyclic) bond motifs is 2. The Labute approximate surface area is 187 Å². The quantitative estimate of drug-likeness (QED) is 0.633. The van der Waals surface area contributed by atoms with Crippen LogP contribution in [-0.4, -0.2) is 28.8 Å². The van der Waals surface area contributed by atoms with Gasteiger partial charge in [-0.05, 0) is 48.8 Å². The molecule has 1 spiro atoms. The van der Waals surface area contributed by atoms with E-state index in [4.69, 9.17) is 0 Å². The predicted molar refractivity (Wildman–Crippen MR) is 125 cm³/mol. The summed E-state index contributed by atoms with van der Waals surface area (Å²) in [6.45, 7) is 5.10. The first kappa shape index (κ1) is 19.5. The Balaban J connectivity index is 1.10. The van der Waals surface area contributed by atoms with E-state index >= 15 is 0 Å². The number of amides is 2. The number of hydrogen-bond donors (Lipinski definition) is 2. The number of nitrogens with one attached hydrogen (secondary N) is 2. The number of para-hydroxylation sites is 1. The lowest BCUT2D eigenvalue weighted by atomic mass is 9.49. The van der Waals surface area contributed by atoms with E-state index in [0.29, 0.717) is 23.3 Å². The van der Waals surface area contributed by atoms with Gasteiger partial charge in [0.25, 0.3) is 5.56 Å². The molecular formula is C26H28N4O2. The Morgan fingerprint density at radius 2 is 1.72 bits per heavy atom. The zero-order valence-corrected chi connectivity index (χ0v) is 18.5. The van der Waals surface area contributed by atoms with Crippen LogP contribution in [0.5, 0.6) is 0 Å². The summed E-state index contributed by atoms with van der Waals surface area (Å²) in [5.41, 5.74) is 3.43. The molecule has 2 aliphatic carbocycles. The van der Waals surface area contributed by atoms with Crippen LogP contribution < -0.4 is 15.8 Å². The van der Waals surface area contributed by atoms with Crippen LogP contribution in [-0.2, 0) is 5.41 Å². The van der Waals surface area contributed by atoms with Gasteiger partial charge in [-0.25, -0.2) is 9.89 Å². The zero-order valence-electron chi connectivity index (χ0n) is 18.5. The number of H-pyrrole nitrogens is 1. The standard InChI is InChI=1S/C26H28N4O2/c1-25(2)15-30(21-10-6-5-9-20(21)25)24(32)27-17-13-26(14-17)11-16(12-26)22-18-7-3-4-8-19(18)23(31)29-28-22/h3-10,16-17H,11-15H2,1-2H3,(H,27,32)(H,29,31). The van der Waals surface area contributed by atoms with E-state index in [-0.39, 0.29) is 23.0 Å². The number of rotatable bonds is 2. The average molecular weight is 429 g/mol. The summed E-state index contributed by atoms with van der Waals surface area (Å²) < 4.78 is 0. The molecule has 1 aromatic heterocycles. The molecule has 6 rings (SSSR count). The fourth-order valence-corrected chi connectivity index (χ4v) is 6.33. The van der Waals surface area contributed by atoms with E-state index in [9.17, 15) is 9.59 Å². The van der Waals surface area contributed by atoms with Crippen LogP contribution in [0.4, 0.5) is 10.5 Å². The number of aromatic amines is 1. The summed E-state index contributed by atoms with van der Waals surface area (Å²) in [7, 11) is 0. The molecule has 1 aliphatic heterocycles. The Morgan fingerprint density at radius 1 is 1.03 bits per heavy atom. The third-order valence-corrected chi connectivity index (χ3v) is 7.88. The van der Waals surface area contributed by atoms with E-state index in [2.05, 4.69) is 35.4 Å². The minimum atomic E-state index is -0.128. The number of aromatic nitrogens is 2. The second-order valence-corrected chi connectivity index (χ2v) is 10.6. The third-order valence-electron chi connectivity index (χ3n) is 7.88. The van der Waals surface area contributed by atoms with Gasteiger partial charge < -0.3 is 5.32 Å². The maximum atomic E-state index is 13.1. The average Bonchev–Trinajstić information content (AvgIpc) is 3.01. The Morgan fingerprint density at radius 3 is 2.50 bits per heavy atom. The molecule has 0 atom stereocenters. The van der Waals surface area contributed by atoms with Crippen LogP contribution in [0.25, 0.3) is 10.8 Å². The molecule has 0 bridgehead atoms. The molecule has 0 saturated heterocycles. The van der Waals surface area contributed by atoms with Crippen LogP contribution in [0.1, 0.15) is 56.7 Å². The monoisotopic (exact) mass is 428 g/mol. The molecule has 2 fully saturated rings. The Hall–Kier alpha value is -3.15. The lowest BCUT2D eigenvalue weighted by molar-refractivity contribution is -0.0175. The van der Waals surface area contributed by atoms with Crippen molar-refractivity contribution in [3.63, 3.8) is 0 Å². The first-order valence-corrected chi connectivity index (χ1v) is 11.5. The highest BCUT2D eigenvalue weighted by Crippen LogP contribution is 2.62. The highest BCUT2D eigenvalue weighted by molar-refractivity contribution is 5.95. The van der Waals surface area contributed by atoms with Gasteiger partial charge in [-0.2, -0.15) is 5.10 Å². The summed E-state index contributed by atoms with van der Waals surface area (Å²) in [5.74, 6) is 0.375. The second-order valence-electron chi connectivity index (χ2n) is 10.6. The molecule has 0 radical (unpaired) electrons. The van der Waals surface area contributed by atoms with Gasteiger partial charge in [-0.1, -0.05) is 50.2 Å². The van der Waals surface area contributed by atoms with Crippen molar-refractivity contribution in [3.05, 3.63) is 70.1 Å². The molecule has 2 aromatic carbocycles. The summed E-state index contributed by atoms with van der Waals surface area (Å²) in [6.07, 6.45) is 4.19. The SMILES string of the molecule is CC1(C)CN(C(=O)NC2CC3(C2)CC(c2n[nH]c(=O)c4ccccc24)C3)c2ccccc21. The van der Waals surface area contributed by atoms with E-state index in [0.717, 1.165) is 42.5 Å². The Kier molecular flexibility index (Phi) is 4.07. The van der Waals surface area contributed by atoms with Gasteiger partial charge in [0, 0.05) is 35.0 Å². The van der Waals surface area contributed by atoms with E-state index in [1.54, 1.807) is 0 Å². The van der Waals surface area contributed by atoms with E-state index < -0.39 is 0 Å². The summed E-state index contributed by atoms with van der Waals surface area (Å²) in [6, 6.07) is 16.2. The summed E-state index contributed by atoms with van der Waals surface area (Å²) >= 11 is 0. The minimum absolute atomic E-state index is 0.0204. The van der Waals surface area contributed by atoms with Crippen LogP contribution in [0, 0.1) is 5.41 Å². The van der Waals surface area contributed by atoms with Crippen LogP contribution in [0.3, 0.4) is 0 Å². The van der Waals surface area contributed by atoms with Crippen LogP contribution >= 0.6 is 0 Å². The number of hydrogen-bond acceptors (Lipinski definition) is 3. The van der Waals surface area contributed by atoms with Crippen LogP contribution in [0.2, 0.25) is 0 Å². The predicted octanol–water partition coefficient (Wildman–Crippen LogP) is 4.46. The molecule has 164 valence electrons. The second kappa shape index (κ2) is 6.67. The molecular weight excluding hydrogens is 400 g/mol. The van der Waals surface area contributed by atoms with Crippen molar-refractivity contribution in [3.8, 4) is 0 Å². The fraction of sp³-hybridized carbons (Fsp3) is 0.423. The minimum Gasteiger partial charge on any atom is -0.335 e. The molecule has 6 nitrogen and oxygen atoms in total. The summed E-state index contributed by atoms with van der Waals surface area (Å²) in [5, 5.41) is 12.0. The third kappa shape index (κ3) is 2.89. The van der Waals surface area contributed by atoms with Crippen molar-refractivity contribution in [1.82, 2.24) is 15.5 Å². The van der Waals surface area contributed by atoms with Crippen molar-refractivity contribution >= 4 is 22.5 Å². The molecule has 2 amide bonds. The van der Waals surface area contributed by atoms with Gasteiger partial charge in [-0.3, -0.25) is 9.69 Å². The highest BCUT2D eigenvalue weighted by Gasteiger charge is 2.54. The van der Waals surface area contributed by atoms with Crippen molar-refractivity contribution < 1.29 is 4.79 Å².